The Labute approximate surface area is 156 Å². The Bertz CT molecular complexity index is 929. The van der Waals surface area contributed by atoms with Gasteiger partial charge >= 0.3 is 5.97 Å². The number of hydrogen-bond acceptors (Lipinski definition) is 6. The van der Waals surface area contributed by atoms with E-state index in [2.05, 4.69) is 20.1 Å². The highest BCUT2D eigenvalue weighted by molar-refractivity contribution is 5.84. The third-order valence-corrected chi connectivity index (χ3v) is 3.46. The standard InChI is InChI=1S/C19H21N5O3/c1-13(2)27-16-9-14(3)8-15(10-16)19-22-12-24(23-19)7-4-18(25)26-11-17-20-5-6-21-17/h4-10,12-13H,11H2,1-3H3,(H,20,21)/b7-4-. The molecule has 0 aliphatic heterocycles. The van der Waals surface area contributed by atoms with Crippen LogP contribution in [-0.4, -0.2) is 36.8 Å². The van der Waals surface area contributed by atoms with Crippen molar-refractivity contribution in [2.24, 2.45) is 0 Å². The van der Waals surface area contributed by atoms with Gasteiger partial charge in [-0.3, -0.25) is 0 Å². The molecule has 0 radical (unpaired) electrons. The van der Waals surface area contributed by atoms with Crippen LogP contribution in [-0.2, 0) is 16.1 Å². The predicted molar refractivity (Wildman–Crippen MR) is 99.7 cm³/mol. The van der Waals surface area contributed by atoms with Gasteiger partial charge in [-0.2, -0.15) is 0 Å². The van der Waals surface area contributed by atoms with Crippen molar-refractivity contribution in [1.29, 1.82) is 0 Å². The van der Waals surface area contributed by atoms with E-state index in [1.807, 2.05) is 39.0 Å². The van der Waals surface area contributed by atoms with E-state index in [4.69, 9.17) is 9.47 Å². The minimum atomic E-state index is -0.494. The topological polar surface area (TPSA) is 94.9 Å². The van der Waals surface area contributed by atoms with Gasteiger partial charge in [-0.1, -0.05) is 0 Å². The van der Waals surface area contributed by atoms with Crippen molar-refractivity contribution < 1.29 is 14.3 Å². The lowest BCUT2D eigenvalue weighted by Crippen LogP contribution is -2.05. The van der Waals surface area contributed by atoms with E-state index in [1.165, 1.54) is 23.3 Å². The van der Waals surface area contributed by atoms with Gasteiger partial charge in [-0.15, -0.1) is 5.10 Å². The molecule has 0 spiro atoms. The van der Waals surface area contributed by atoms with E-state index in [-0.39, 0.29) is 12.7 Å². The summed E-state index contributed by atoms with van der Waals surface area (Å²) in [7, 11) is 0. The first kappa shape index (κ1) is 18.4. The first-order valence-corrected chi connectivity index (χ1v) is 8.52. The van der Waals surface area contributed by atoms with Gasteiger partial charge in [0.2, 0.25) is 0 Å². The quantitative estimate of drug-likeness (QED) is 0.509. The maximum absolute atomic E-state index is 11.8. The average molecular weight is 367 g/mol. The van der Waals surface area contributed by atoms with Gasteiger partial charge in [0.15, 0.2) is 5.82 Å². The molecule has 0 unspecified atom stereocenters. The van der Waals surface area contributed by atoms with Crippen LogP contribution in [0.25, 0.3) is 17.6 Å². The first-order valence-electron chi connectivity index (χ1n) is 8.52. The summed E-state index contributed by atoms with van der Waals surface area (Å²) in [5.74, 6) is 1.40. The number of aryl methyl sites for hydroxylation is 1. The molecule has 2 aromatic heterocycles. The fourth-order valence-corrected chi connectivity index (χ4v) is 2.40. The maximum atomic E-state index is 11.8. The number of benzene rings is 1. The summed E-state index contributed by atoms with van der Waals surface area (Å²) < 4.78 is 12.3. The van der Waals surface area contributed by atoms with Crippen LogP contribution < -0.4 is 4.74 Å². The molecule has 0 atom stereocenters. The van der Waals surface area contributed by atoms with Crippen molar-refractivity contribution in [2.75, 3.05) is 0 Å². The van der Waals surface area contributed by atoms with Crippen molar-refractivity contribution >= 4 is 12.2 Å². The number of aromatic nitrogens is 5. The minimum absolute atomic E-state index is 0.0836. The Morgan fingerprint density at radius 3 is 2.89 bits per heavy atom. The number of ether oxygens (including phenoxy) is 2. The highest BCUT2D eigenvalue weighted by atomic mass is 16.5. The molecule has 1 N–H and O–H groups in total. The average Bonchev–Trinajstić information content (AvgIpc) is 3.29. The zero-order valence-electron chi connectivity index (χ0n) is 15.4. The monoisotopic (exact) mass is 367 g/mol. The number of imidazole rings is 1. The van der Waals surface area contributed by atoms with Crippen LogP contribution in [0.5, 0.6) is 5.75 Å². The molecular formula is C19H21N5O3. The summed E-state index contributed by atoms with van der Waals surface area (Å²) in [5, 5.41) is 4.36. The second-order valence-electron chi connectivity index (χ2n) is 6.21. The smallest absolute Gasteiger partial charge is 0.332 e. The number of esters is 1. The van der Waals surface area contributed by atoms with E-state index in [1.54, 1.807) is 12.4 Å². The lowest BCUT2D eigenvalue weighted by atomic mass is 10.1. The maximum Gasteiger partial charge on any atom is 0.332 e. The van der Waals surface area contributed by atoms with E-state index in [9.17, 15) is 4.79 Å². The number of carbonyl (C=O) groups is 1. The molecule has 0 saturated heterocycles. The highest BCUT2D eigenvalue weighted by Crippen LogP contribution is 2.24. The van der Waals surface area contributed by atoms with Gasteiger partial charge < -0.3 is 14.5 Å². The molecule has 8 nitrogen and oxygen atoms in total. The van der Waals surface area contributed by atoms with Gasteiger partial charge in [-0.05, 0) is 44.5 Å². The largest absolute Gasteiger partial charge is 0.491 e. The number of nitrogens with zero attached hydrogens (tertiary/aromatic N) is 4. The Morgan fingerprint density at radius 1 is 1.30 bits per heavy atom. The lowest BCUT2D eigenvalue weighted by molar-refractivity contribution is -0.139. The summed E-state index contributed by atoms with van der Waals surface area (Å²) in [6.45, 7) is 6.03. The molecular weight excluding hydrogens is 346 g/mol. The van der Waals surface area contributed by atoms with E-state index >= 15 is 0 Å². The second kappa shape index (κ2) is 8.31. The first-order chi connectivity index (χ1) is 13.0. The predicted octanol–water partition coefficient (Wildman–Crippen LogP) is 2.98. The van der Waals surface area contributed by atoms with Crippen LogP contribution in [0.3, 0.4) is 0 Å². The Hall–Kier alpha value is -3.42. The van der Waals surface area contributed by atoms with Crippen LogP contribution in [0.15, 0.2) is 43.0 Å². The molecule has 0 aliphatic rings. The molecule has 0 bridgehead atoms. The van der Waals surface area contributed by atoms with Crippen LogP contribution in [0, 0.1) is 6.92 Å². The van der Waals surface area contributed by atoms with Crippen LogP contribution in [0.2, 0.25) is 0 Å². The molecule has 27 heavy (non-hydrogen) atoms. The number of aromatic amines is 1. The van der Waals surface area contributed by atoms with Gasteiger partial charge in [0, 0.05) is 30.2 Å². The fourth-order valence-electron chi connectivity index (χ4n) is 2.40. The second-order valence-corrected chi connectivity index (χ2v) is 6.21. The molecule has 0 aliphatic carbocycles. The molecule has 0 amide bonds. The van der Waals surface area contributed by atoms with Crippen molar-refractivity contribution in [3.05, 3.63) is 54.4 Å². The molecule has 3 rings (SSSR count). The van der Waals surface area contributed by atoms with Crippen LogP contribution in [0.4, 0.5) is 0 Å². The zero-order chi connectivity index (χ0) is 19.2. The summed E-state index contributed by atoms with van der Waals surface area (Å²) in [6.07, 6.45) is 7.64. The van der Waals surface area contributed by atoms with Crippen molar-refractivity contribution in [1.82, 2.24) is 24.7 Å². The zero-order valence-corrected chi connectivity index (χ0v) is 15.4. The molecule has 1 aromatic carbocycles. The normalized spacial score (nSPS) is 11.3. The Balaban J connectivity index is 1.65. The van der Waals surface area contributed by atoms with E-state index in [0.29, 0.717) is 11.6 Å². The number of rotatable bonds is 7. The number of nitrogens with one attached hydrogen (secondary N) is 1. The van der Waals surface area contributed by atoms with Crippen molar-refractivity contribution in [3.8, 4) is 17.1 Å². The Kier molecular flexibility index (Phi) is 5.65. The summed E-state index contributed by atoms with van der Waals surface area (Å²) in [4.78, 5) is 22.9. The molecule has 140 valence electrons. The summed E-state index contributed by atoms with van der Waals surface area (Å²) in [6, 6.07) is 5.84. The van der Waals surface area contributed by atoms with Crippen LogP contribution in [0.1, 0.15) is 25.2 Å². The highest BCUT2D eigenvalue weighted by Gasteiger charge is 2.08. The molecule has 8 heteroatoms. The SMILES string of the molecule is Cc1cc(OC(C)C)cc(-c2ncn(/C=C\C(=O)OCc3ncc[nH]3)n2)c1. The van der Waals surface area contributed by atoms with Crippen molar-refractivity contribution in [2.45, 2.75) is 33.5 Å². The van der Waals surface area contributed by atoms with E-state index in [0.717, 1.165) is 16.9 Å². The van der Waals surface area contributed by atoms with Gasteiger partial charge in [-0.25, -0.2) is 19.4 Å². The van der Waals surface area contributed by atoms with Gasteiger partial charge in [0.1, 0.15) is 24.5 Å². The molecule has 2 heterocycles. The Morgan fingerprint density at radius 2 is 2.15 bits per heavy atom. The summed E-state index contributed by atoms with van der Waals surface area (Å²) in [5.41, 5.74) is 1.90. The third kappa shape index (κ3) is 5.27. The number of carbonyl (C=O) groups excluding carboxylic acids is 1. The molecule has 0 fully saturated rings. The lowest BCUT2D eigenvalue weighted by Gasteiger charge is -2.11. The minimum Gasteiger partial charge on any atom is -0.491 e. The number of hydrogen-bond donors (Lipinski definition) is 1. The van der Waals surface area contributed by atoms with Gasteiger partial charge in [0.05, 0.1) is 6.10 Å². The fraction of sp³-hybridized carbons (Fsp3) is 0.263. The van der Waals surface area contributed by atoms with E-state index < -0.39 is 5.97 Å². The number of H-pyrrole nitrogens is 1. The van der Waals surface area contributed by atoms with Gasteiger partial charge in [0.25, 0.3) is 0 Å². The summed E-state index contributed by atoms with van der Waals surface area (Å²) >= 11 is 0. The van der Waals surface area contributed by atoms with Crippen LogP contribution >= 0.6 is 0 Å². The van der Waals surface area contributed by atoms with Crippen molar-refractivity contribution in [3.63, 3.8) is 0 Å². The molecule has 3 aromatic rings. The third-order valence-electron chi connectivity index (χ3n) is 3.46. The molecule has 0 saturated carbocycles.